The third-order valence-electron chi connectivity index (χ3n) is 5.39. The molecular formula is C17H28N4O2. The maximum absolute atomic E-state index is 13.1. The van der Waals surface area contributed by atoms with Gasteiger partial charge >= 0.3 is 0 Å². The second-order valence-corrected chi connectivity index (χ2v) is 7.28. The van der Waals surface area contributed by atoms with Gasteiger partial charge in [-0.25, -0.2) is 4.98 Å². The molecule has 2 aliphatic rings. The molecule has 3 heterocycles. The highest BCUT2D eigenvalue weighted by Crippen LogP contribution is 2.49. The van der Waals surface area contributed by atoms with Gasteiger partial charge in [0, 0.05) is 51.4 Å². The molecule has 0 radical (unpaired) electrons. The summed E-state index contributed by atoms with van der Waals surface area (Å²) >= 11 is 0. The predicted molar refractivity (Wildman–Crippen MR) is 88.4 cm³/mol. The molecule has 0 bridgehead atoms. The van der Waals surface area contributed by atoms with Crippen LogP contribution in [0.3, 0.4) is 0 Å². The molecule has 2 saturated heterocycles. The molecule has 2 fully saturated rings. The molecule has 2 aliphatic heterocycles. The van der Waals surface area contributed by atoms with Crippen LogP contribution in [-0.2, 0) is 9.53 Å². The molecule has 1 aromatic rings. The number of hydrogen-bond donors (Lipinski definition) is 0. The number of carbonyl (C=O) groups excluding carboxylic acids is 1. The molecule has 0 saturated carbocycles. The lowest BCUT2D eigenvalue weighted by atomic mass is 9.75. The Morgan fingerprint density at radius 1 is 1.48 bits per heavy atom. The zero-order valence-electron chi connectivity index (χ0n) is 14.7. The van der Waals surface area contributed by atoms with Gasteiger partial charge in [-0.2, -0.15) is 0 Å². The van der Waals surface area contributed by atoms with Crippen molar-refractivity contribution in [2.75, 3.05) is 46.9 Å². The molecule has 0 aliphatic carbocycles. The Balaban J connectivity index is 1.86. The number of likely N-dealkylation sites (N-methyl/N-ethyl adjacent to an activating group) is 1. The lowest BCUT2D eigenvalue weighted by molar-refractivity contribution is -0.136. The van der Waals surface area contributed by atoms with E-state index in [-0.39, 0.29) is 17.2 Å². The first-order valence-electron chi connectivity index (χ1n) is 8.48. The molecule has 0 unspecified atom stereocenters. The predicted octanol–water partition coefficient (Wildman–Crippen LogP) is 1.36. The van der Waals surface area contributed by atoms with Crippen molar-refractivity contribution < 1.29 is 9.53 Å². The number of rotatable bonds is 5. The number of amides is 1. The molecule has 1 aromatic heterocycles. The van der Waals surface area contributed by atoms with Crippen LogP contribution in [0.5, 0.6) is 0 Å². The lowest BCUT2D eigenvalue weighted by Gasteiger charge is -2.28. The summed E-state index contributed by atoms with van der Waals surface area (Å²) in [6.07, 6.45) is 4.94. The van der Waals surface area contributed by atoms with E-state index in [1.165, 1.54) is 0 Å². The van der Waals surface area contributed by atoms with Crippen LogP contribution in [0.25, 0.3) is 0 Å². The van der Waals surface area contributed by atoms with Gasteiger partial charge in [0.25, 0.3) is 0 Å². The zero-order chi connectivity index (χ0) is 16.6. The first-order chi connectivity index (χ1) is 11.0. The number of carbonyl (C=O) groups is 1. The van der Waals surface area contributed by atoms with Gasteiger partial charge in [0.15, 0.2) is 0 Å². The highest BCUT2D eigenvalue weighted by Gasteiger charge is 2.56. The lowest BCUT2D eigenvalue weighted by Crippen LogP contribution is -2.40. The number of nitrogens with zero attached hydrogens (tertiary/aromatic N) is 4. The summed E-state index contributed by atoms with van der Waals surface area (Å²) in [5.74, 6) is 0.468. The quantitative estimate of drug-likeness (QED) is 0.822. The van der Waals surface area contributed by atoms with E-state index in [0.717, 1.165) is 31.7 Å². The SMILES string of the molecule is COCCN1CC[C@]2(CN(C)C[C@H]2c2cn(C(C)C)cn2)C1=O. The molecular weight excluding hydrogens is 292 g/mol. The fraction of sp³-hybridized carbons (Fsp3) is 0.765. The van der Waals surface area contributed by atoms with Crippen molar-refractivity contribution in [1.29, 1.82) is 0 Å². The number of ether oxygens (including phenoxy) is 1. The number of imidazole rings is 1. The Labute approximate surface area is 138 Å². The standard InChI is InChI=1S/C17H28N4O2/c1-13(2)21-10-15(18-12-21)14-9-19(3)11-17(14)5-6-20(16(17)22)7-8-23-4/h10,12-14H,5-9,11H2,1-4H3/t14-,17+/m0/s1. The van der Waals surface area contributed by atoms with Crippen molar-refractivity contribution in [3.8, 4) is 0 Å². The van der Waals surface area contributed by atoms with Crippen molar-refractivity contribution in [2.45, 2.75) is 32.2 Å². The van der Waals surface area contributed by atoms with Crippen LogP contribution in [0.4, 0.5) is 0 Å². The Morgan fingerprint density at radius 3 is 2.91 bits per heavy atom. The van der Waals surface area contributed by atoms with Crippen LogP contribution in [0, 0.1) is 5.41 Å². The van der Waals surface area contributed by atoms with Crippen molar-refractivity contribution in [3.05, 3.63) is 18.2 Å². The zero-order valence-corrected chi connectivity index (χ0v) is 14.7. The number of methoxy groups -OCH3 is 1. The Morgan fingerprint density at radius 2 is 2.26 bits per heavy atom. The van der Waals surface area contributed by atoms with E-state index in [9.17, 15) is 4.79 Å². The van der Waals surface area contributed by atoms with E-state index in [1.54, 1.807) is 7.11 Å². The first-order valence-corrected chi connectivity index (χ1v) is 8.48. The third kappa shape index (κ3) is 2.78. The van der Waals surface area contributed by atoms with E-state index in [2.05, 4.69) is 41.5 Å². The second kappa shape index (κ2) is 6.24. The maximum Gasteiger partial charge on any atom is 0.230 e. The minimum absolute atomic E-state index is 0.188. The average Bonchev–Trinajstić information content (AvgIpc) is 3.18. The fourth-order valence-electron chi connectivity index (χ4n) is 4.08. The molecule has 3 rings (SSSR count). The third-order valence-corrected chi connectivity index (χ3v) is 5.39. The van der Waals surface area contributed by atoms with Gasteiger partial charge < -0.3 is 19.1 Å². The molecule has 6 heteroatoms. The van der Waals surface area contributed by atoms with Crippen molar-refractivity contribution in [1.82, 2.24) is 19.4 Å². The van der Waals surface area contributed by atoms with Crippen LogP contribution in [0.1, 0.15) is 37.9 Å². The largest absolute Gasteiger partial charge is 0.383 e. The van der Waals surface area contributed by atoms with Gasteiger partial charge in [-0.15, -0.1) is 0 Å². The van der Waals surface area contributed by atoms with E-state index in [0.29, 0.717) is 19.2 Å². The van der Waals surface area contributed by atoms with Gasteiger partial charge in [0.1, 0.15) is 0 Å². The summed E-state index contributed by atoms with van der Waals surface area (Å²) in [7, 11) is 3.79. The van der Waals surface area contributed by atoms with Crippen LogP contribution in [-0.4, -0.2) is 72.2 Å². The Hall–Kier alpha value is -1.40. The molecule has 0 N–H and O–H groups in total. The summed E-state index contributed by atoms with van der Waals surface area (Å²) in [5, 5.41) is 0. The average molecular weight is 320 g/mol. The second-order valence-electron chi connectivity index (χ2n) is 7.28. The number of aromatic nitrogens is 2. The van der Waals surface area contributed by atoms with Crippen LogP contribution >= 0.6 is 0 Å². The summed E-state index contributed by atoms with van der Waals surface area (Å²) in [5.41, 5.74) is 0.753. The number of likely N-dealkylation sites (tertiary alicyclic amines) is 2. The molecule has 2 atom stereocenters. The summed E-state index contributed by atoms with van der Waals surface area (Å²) in [6.45, 7) is 8.15. The van der Waals surface area contributed by atoms with E-state index < -0.39 is 0 Å². The van der Waals surface area contributed by atoms with Crippen molar-refractivity contribution >= 4 is 5.91 Å². The van der Waals surface area contributed by atoms with Gasteiger partial charge in [-0.1, -0.05) is 0 Å². The van der Waals surface area contributed by atoms with Crippen molar-refractivity contribution in [3.63, 3.8) is 0 Å². The van der Waals surface area contributed by atoms with Gasteiger partial charge in [-0.05, 0) is 27.3 Å². The van der Waals surface area contributed by atoms with E-state index in [4.69, 9.17) is 4.74 Å². The smallest absolute Gasteiger partial charge is 0.230 e. The highest BCUT2D eigenvalue weighted by molar-refractivity contribution is 5.86. The summed E-state index contributed by atoms with van der Waals surface area (Å²) in [6, 6.07) is 0.392. The fourth-order valence-corrected chi connectivity index (χ4v) is 4.08. The minimum Gasteiger partial charge on any atom is -0.383 e. The normalized spacial score (nSPS) is 28.7. The summed E-state index contributed by atoms with van der Waals surface area (Å²) < 4.78 is 7.27. The van der Waals surface area contributed by atoms with Crippen LogP contribution in [0.15, 0.2) is 12.5 Å². The highest BCUT2D eigenvalue weighted by atomic mass is 16.5. The van der Waals surface area contributed by atoms with Gasteiger partial charge in [-0.3, -0.25) is 4.79 Å². The molecule has 6 nitrogen and oxygen atoms in total. The Bertz CT molecular complexity index is 571. The van der Waals surface area contributed by atoms with E-state index in [1.807, 2.05) is 11.2 Å². The van der Waals surface area contributed by atoms with Gasteiger partial charge in [0.05, 0.1) is 24.0 Å². The monoisotopic (exact) mass is 320 g/mol. The Kier molecular flexibility index (Phi) is 4.47. The molecule has 1 spiro atoms. The van der Waals surface area contributed by atoms with E-state index >= 15 is 0 Å². The summed E-state index contributed by atoms with van der Waals surface area (Å²) in [4.78, 5) is 22.0. The number of hydrogen-bond acceptors (Lipinski definition) is 4. The minimum atomic E-state index is -0.307. The molecule has 1 amide bonds. The topological polar surface area (TPSA) is 50.6 Å². The first kappa shape index (κ1) is 16.5. The van der Waals surface area contributed by atoms with Crippen molar-refractivity contribution in [2.24, 2.45) is 5.41 Å². The maximum atomic E-state index is 13.1. The molecule has 23 heavy (non-hydrogen) atoms. The van der Waals surface area contributed by atoms with Crippen LogP contribution < -0.4 is 0 Å². The van der Waals surface area contributed by atoms with Gasteiger partial charge in [0.2, 0.25) is 5.91 Å². The molecule has 128 valence electrons. The molecule has 0 aromatic carbocycles. The van der Waals surface area contributed by atoms with Crippen LogP contribution in [0.2, 0.25) is 0 Å².